The van der Waals surface area contributed by atoms with Crippen LogP contribution >= 0.6 is 0 Å². The fourth-order valence-electron chi connectivity index (χ4n) is 0.662. The molecule has 0 aliphatic rings. The Morgan fingerprint density at radius 1 is 1.50 bits per heavy atom. The molecular weight excluding hydrogens is 140 g/mol. The van der Waals surface area contributed by atoms with E-state index < -0.39 is 6.61 Å². The van der Waals surface area contributed by atoms with E-state index in [2.05, 4.69) is 10.1 Å². The van der Waals surface area contributed by atoms with Crippen LogP contribution in [0.15, 0.2) is 0 Å². The van der Waals surface area contributed by atoms with Crippen molar-refractivity contribution in [1.82, 2.24) is 5.32 Å². The monoisotopic (exact) mass is 153 g/mol. The number of rotatable bonds is 5. The molecule has 0 heterocycles. The first-order chi connectivity index (χ1) is 4.70. The Bertz CT molecular complexity index is 80.1. The Morgan fingerprint density at radius 2 is 2.10 bits per heavy atom. The molecule has 62 valence electrons. The largest absolute Gasteiger partial charge is 0.345 e. The van der Waals surface area contributed by atoms with Gasteiger partial charge in [0.25, 0.3) is 0 Å². The molecule has 0 aromatic rings. The van der Waals surface area contributed by atoms with E-state index in [0.29, 0.717) is 13.0 Å². The first-order valence-electron chi connectivity index (χ1n) is 3.28. The maximum atomic E-state index is 11.5. The van der Waals surface area contributed by atoms with Crippen molar-refractivity contribution in [1.29, 1.82) is 0 Å². The third-order valence-corrected chi connectivity index (χ3v) is 1.18. The Morgan fingerprint density at radius 3 is 2.40 bits per heavy atom. The quantitative estimate of drug-likeness (QED) is 0.641. The molecule has 10 heavy (non-hydrogen) atoms. The van der Waals surface area contributed by atoms with Gasteiger partial charge in [0.2, 0.25) is 0 Å². The molecule has 0 saturated carbocycles. The number of halogens is 2. The number of alkyl halides is 2. The molecule has 0 fully saturated rings. The van der Waals surface area contributed by atoms with Crippen LogP contribution in [0.4, 0.5) is 8.78 Å². The smallest absolute Gasteiger partial charge is 0.318 e. The highest BCUT2D eigenvalue weighted by molar-refractivity contribution is 4.55. The summed E-state index contributed by atoms with van der Waals surface area (Å²) in [5.74, 6) is 0. The zero-order chi connectivity index (χ0) is 7.98. The second kappa shape index (κ2) is 5.56. The molecule has 4 heteroatoms. The van der Waals surface area contributed by atoms with E-state index in [1.54, 1.807) is 7.05 Å². The summed E-state index contributed by atoms with van der Waals surface area (Å²) in [5.41, 5.74) is 0. The Balaban J connectivity index is 3.39. The van der Waals surface area contributed by atoms with Crippen LogP contribution in [0.3, 0.4) is 0 Å². The van der Waals surface area contributed by atoms with Crippen LogP contribution in [0, 0.1) is 0 Å². The third-order valence-electron chi connectivity index (χ3n) is 1.18. The van der Waals surface area contributed by atoms with Gasteiger partial charge in [0.05, 0.1) is 6.10 Å². The van der Waals surface area contributed by atoms with Crippen molar-refractivity contribution in [2.24, 2.45) is 0 Å². The highest BCUT2D eigenvalue weighted by Crippen LogP contribution is 2.03. The number of ether oxygens (including phenoxy) is 1. The van der Waals surface area contributed by atoms with Gasteiger partial charge in [-0.25, -0.2) is 0 Å². The first-order valence-corrected chi connectivity index (χ1v) is 3.28. The predicted octanol–water partition coefficient (Wildman–Crippen LogP) is 1.22. The SMILES string of the molecule is CCC(CNC)OC(F)F. The van der Waals surface area contributed by atoms with E-state index >= 15 is 0 Å². The van der Waals surface area contributed by atoms with Gasteiger partial charge in [0.15, 0.2) is 0 Å². The van der Waals surface area contributed by atoms with Crippen molar-refractivity contribution in [3.8, 4) is 0 Å². The minimum Gasteiger partial charge on any atom is -0.318 e. The van der Waals surface area contributed by atoms with Gasteiger partial charge in [0.1, 0.15) is 0 Å². The van der Waals surface area contributed by atoms with Gasteiger partial charge in [0, 0.05) is 6.54 Å². The summed E-state index contributed by atoms with van der Waals surface area (Å²) in [6.07, 6.45) is 0.232. The van der Waals surface area contributed by atoms with Crippen LogP contribution in [0.5, 0.6) is 0 Å². The number of nitrogens with one attached hydrogen (secondary N) is 1. The first kappa shape index (κ1) is 9.78. The van der Waals surface area contributed by atoms with Gasteiger partial charge in [-0.05, 0) is 13.5 Å². The molecular formula is C6H13F2NO. The molecule has 0 spiro atoms. The summed E-state index contributed by atoms with van der Waals surface area (Å²) in [6, 6.07) is 0. The summed E-state index contributed by atoms with van der Waals surface area (Å²) < 4.78 is 27.3. The van der Waals surface area contributed by atoms with Gasteiger partial charge >= 0.3 is 6.61 Å². The van der Waals surface area contributed by atoms with Crippen molar-refractivity contribution in [2.45, 2.75) is 26.1 Å². The van der Waals surface area contributed by atoms with Gasteiger partial charge in [-0.3, -0.25) is 0 Å². The van der Waals surface area contributed by atoms with Crippen LogP contribution in [0.1, 0.15) is 13.3 Å². The van der Waals surface area contributed by atoms with Crippen molar-refractivity contribution in [3.63, 3.8) is 0 Å². The van der Waals surface area contributed by atoms with Crippen LogP contribution in [0.25, 0.3) is 0 Å². The van der Waals surface area contributed by atoms with Gasteiger partial charge in [-0.15, -0.1) is 0 Å². The molecule has 0 radical (unpaired) electrons. The highest BCUT2D eigenvalue weighted by atomic mass is 19.3. The normalized spacial score (nSPS) is 14.1. The standard InChI is InChI=1S/C6H13F2NO/c1-3-5(4-9-2)10-6(7)8/h5-6,9H,3-4H2,1-2H3. The predicted molar refractivity (Wildman–Crippen MR) is 35.1 cm³/mol. The van der Waals surface area contributed by atoms with Gasteiger partial charge < -0.3 is 10.1 Å². The lowest BCUT2D eigenvalue weighted by Gasteiger charge is -2.13. The second-order valence-electron chi connectivity index (χ2n) is 1.98. The van der Waals surface area contributed by atoms with Crippen molar-refractivity contribution in [2.75, 3.05) is 13.6 Å². The lowest BCUT2D eigenvalue weighted by molar-refractivity contribution is -0.161. The fraction of sp³-hybridized carbons (Fsp3) is 1.00. The minimum atomic E-state index is -2.65. The summed E-state index contributed by atoms with van der Waals surface area (Å²) >= 11 is 0. The molecule has 1 unspecified atom stereocenters. The van der Waals surface area contributed by atoms with E-state index in [4.69, 9.17) is 0 Å². The van der Waals surface area contributed by atoms with Gasteiger partial charge in [-0.1, -0.05) is 6.92 Å². The van der Waals surface area contributed by atoms with Crippen molar-refractivity contribution in [3.05, 3.63) is 0 Å². The van der Waals surface area contributed by atoms with E-state index in [1.807, 2.05) is 6.92 Å². The number of likely N-dealkylation sites (N-methyl/N-ethyl adjacent to an activating group) is 1. The lowest BCUT2D eigenvalue weighted by Crippen LogP contribution is -2.27. The summed E-state index contributed by atoms with van der Waals surface area (Å²) in [6.45, 7) is -0.371. The second-order valence-corrected chi connectivity index (χ2v) is 1.98. The minimum absolute atomic E-state index is 0.370. The average molecular weight is 153 g/mol. The Kier molecular flexibility index (Phi) is 5.43. The molecule has 0 rings (SSSR count). The molecule has 0 saturated heterocycles. The maximum Gasteiger partial charge on any atom is 0.345 e. The van der Waals surface area contributed by atoms with E-state index in [1.165, 1.54) is 0 Å². The number of hydrogen-bond donors (Lipinski definition) is 1. The Hall–Kier alpha value is -0.220. The average Bonchev–Trinajstić information content (AvgIpc) is 1.86. The summed E-state index contributed by atoms with van der Waals surface area (Å²) in [7, 11) is 1.71. The molecule has 2 nitrogen and oxygen atoms in total. The third kappa shape index (κ3) is 4.64. The lowest BCUT2D eigenvalue weighted by atomic mass is 10.3. The van der Waals surface area contributed by atoms with E-state index in [-0.39, 0.29) is 6.10 Å². The molecule has 0 aromatic heterocycles. The summed E-state index contributed by atoms with van der Waals surface area (Å²) in [5, 5.41) is 2.77. The summed E-state index contributed by atoms with van der Waals surface area (Å²) in [4.78, 5) is 0. The molecule has 1 N–H and O–H groups in total. The van der Waals surface area contributed by atoms with Crippen LogP contribution in [-0.4, -0.2) is 26.3 Å². The van der Waals surface area contributed by atoms with Crippen molar-refractivity contribution < 1.29 is 13.5 Å². The van der Waals surface area contributed by atoms with E-state index in [0.717, 1.165) is 0 Å². The molecule has 0 aliphatic heterocycles. The maximum absolute atomic E-state index is 11.5. The van der Waals surface area contributed by atoms with E-state index in [9.17, 15) is 8.78 Å². The Labute approximate surface area is 59.6 Å². The molecule has 0 amide bonds. The van der Waals surface area contributed by atoms with Crippen molar-refractivity contribution >= 4 is 0 Å². The molecule has 0 aromatic carbocycles. The zero-order valence-corrected chi connectivity index (χ0v) is 6.23. The zero-order valence-electron chi connectivity index (χ0n) is 6.23. The highest BCUT2D eigenvalue weighted by Gasteiger charge is 2.10. The molecule has 0 bridgehead atoms. The van der Waals surface area contributed by atoms with Crippen LogP contribution in [0.2, 0.25) is 0 Å². The molecule has 1 atom stereocenters. The topological polar surface area (TPSA) is 21.3 Å². The van der Waals surface area contributed by atoms with Crippen LogP contribution in [-0.2, 0) is 4.74 Å². The number of hydrogen-bond acceptors (Lipinski definition) is 2. The van der Waals surface area contributed by atoms with Gasteiger partial charge in [-0.2, -0.15) is 8.78 Å². The molecule has 0 aliphatic carbocycles. The van der Waals surface area contributed by atoms with Crippen LogP contribution < -0.4 is 5.32 Å². The fourth-order valence-corrected chi connectivity index (χ4v) is 0.662.